The lowest BCUT2D eigenvalue weighted by Gasteiger charge is -2.29. The maximum atomic E-state index is 9.44. The molecule has 108 valence electrons. The third-order valence-corrected chi connectivity index (χ3v) is 3.69. The summed E-state index contributed by atoms with van der Waals surface area (Å²) < 4.78 is 5.40. The highest BCUT2D eigenvalue weighted by atomic mass is 16.5. The first-order valence-corrected chi connectivity index (χ1v) is 6.94. The maximum Gasteiger partial charge on any atom is 0.122 e. The molecule has 0 bridgehead atoms. The minimum atomic E-state index is 0.207. The number of ether oxygens (including phenoxy) is 1. The van der Waals surface area contributed by atoms with Crippen molar-refractivity contribution in [3.05, 3.63) is 29.3 Å². The standard InChI is InChI=1S/C16H27NO2/c1-12(2)15(11-18)17(4)9-8-14-10-13(3)6-7-16(14)19-5/h6-7,10,12,15,18H,8-9,11H2,1-5H3. The number of benzene rings is 1. The summed E-state index contributed by atoms with van der Waals surface area (Å²) in [6, 6.07) is 6.49. The number of hydrogen-bond donors (Lipinski definition) is 1. The van der Waals surface area contributed by atoms with E-state index in [2.05, 4.69) is 44.9 Å². The first-order chi connectivity index (χ1) is 8.99. The summed E-state index contributed by atoms with van der Waals surface area (Å²) in [5.41, 5.74) is 2.48. The zero-order valence-corrected chi connectivity index (χ0v) is 12.8. The Balaban J connectivity index is 2.68. The Morgan fingerprint density at radius 1 is 1.32 bits per heavy atom. The molecule has 0 radical (unpaired) electrons. The average Bonchev–Trinajstić information content (AvgIpc) is 2.37. The van der Waals surface area contributed by atoms with Gasteiger partial charge in [-0.2, -0.15) is 0 Å². The molecule has 0 aliphatic carbocycles. The Morgan fingerprint density at radius 2 is 2.00 bits per heavy atom. The molecule has 0 heterocycles. The Morgan fingerprint density at radius 3 is 2.53 bits per heavy atom. The molecule has 1 aromatic carbocycles. The molecule has 3 heteroatoms. The molecule has 1 atom stereocenters. The topological polar surface area (TPSA) is 32.7 Å². The number of rotatable bonds is 7. The lowest BCUT2D eigenvalue weighted by molar-refractivity contribution is 0.114. The monoisotopic (exact) mass is 265 g/mol. The second-order valence-corrected chi connectivity index (χ2v) is 5.54. The van der Waals surface area contributed by atoms with Crippen LogP contribution < -0.4 is 4.74 Å². The van der Waals surface area contributed by atoms with Gasteiger partial charge in [-0.25, -0.2) is 0 Å². The van der Waals surface area contributed by atoms with Gasteiger partial charge in [0.25, 0.3) is 0 Å². The fraction of sp³-hybridized carbons (Fsp3) is 0.625. The summed E-state index contributed by atoms with van der Waals surface area (Å²) in [7, 11) is 3.78. The van der Waals surface area contributed by atoms with Crippen molar-refractivity contribution in [3.8, 4) is 5.75 Å². The van der Waals surface area contributed by atoms with Crippen LogP contribution in [0.2, 0.25) is 0 Å². The van der Waals surface area contributed by atoms with Crippen LogP contribution in [0, 0.1) is 12.8 Å². The van der Waals surface area contributed by atoms with Gasteiger partial charge >= 0.3 is 0 Å². The fourth-order valence-electron chi connectivity index (χ4n) is 2.42. The Bertz CT molecular complexity index is 390. The van der Waals surface area contributed by atoms with Gasteiger partial charge in [0.2, 0.25) is 0 Å². The predicted octanol–water partition coefficient (Wildman–Crippen LogP) is 2.49. The quantitative estimate of drug-likeness (QED) is 0.822. The van der Waals surface area contributed by atoms with Crippen LogP contribution in [0.4, 0.5) is 0 Å². The summed E-state index contributed by atoms with van der Waals surface area (Å²) >= 11 is 0. The Hall–Kier alpha value is -1.06. The number of hydrogen-bond acceptors (Lipinski definition) is 3. The van der Waals surface area contributed by atoms with Gasteiger partial charge in [-0.1, -0.05) is 31.5 Å². The first kappa shape index (κ1) is 16.0. The Labute approximate surface area is 117 Å². The van der Waals surface area contributed by atoms with Gasteiger partial charge in [-0.05, 0) is 37.9 Å². The van der Waals surface area contributed by atoms with Gasteiger partial charge in [0.05, 0.1) is 13.7 Å². The SMILES string of the molecule is COc1ccc(C)cc1CCN(C)C(CO)C(C)C. The molecule has 0 saturated carbocycles. The molecular weight excluding hydrogens is 238 g/mol. The largest absolute Gasteiger partial charge is 0.496 e. The third kappa shape index (κ3) is 4.51. The summed E-state index contributed by atoms with van der Waals surface area (Å²) in [6.07, 6.45) is 0.935. The van der Waals surface area contributed by atoms with Gasteiger partial charge in [-0.3, -0.25) is 0 Å². The predicted molar refractivity (Wildman–Crippen MR) is 79.8 cm³/mol. The molecule has 1 N–H and O–H groups in total. The minimum absolute atomic E-state index is 0.207. The second-order valence-electron chi connectivity index (χ2n) is 5.54. The van der Waals surface area contributed by atoms with E-state index in [9.17, 15) is 5.11 Å². The smallest absolute Gasteiger partial charge is 0.122 e. The van der Waals surface area contributed by atoms with Crippen LogP contribution in [0.3, 0.4) is 0 Å². The van der Waals surface area contributed by atoms with Crippen LogP contribution in [0.25, 0.3) is 0 Å². The van der Waals surface area contributed by atoms with E-state index in [1.54, 1.807) is 7.11 Å². The summed E-state index contributed by atoms with van der Waals surface area (Å²) in [6.45, 7) is 7.51. The average molecular weight is 265 g/mol. The van der Waals surface area contributed by atoms with Gasteiger partial charge in [0.15, 0.2) is 0 Å². The van der Waals surface area contributed by atoms with Crippen molar-refractivity contribution in [1.29, 1.82) is 0 Å². The van der Waals surface area contributed by atoms with Crippen molar-refractivity contribution in [2.75, 3.05) is 27.3 Å². The molecule has 1 rings (SSSR count). The first-order valence-electron chi connectivity index (χ1n) is 6.94. The van der Waals surface area contributed by atoms with E-state index in [-0.39, 0.29) is 12.6 Å². The zero-order valence-electron chi connectivity index (χ0n) is 12.8. The van der Waals surface area contributed by atoms with Crippen LogP contribution in [0.15, 0.2) is 18.2 Å². The van der Waals surface area contributed by atoms with Gasteiger partial charge < -0.3 is 14.7 Å². The van der Waals surface area contributed by atoms with Crippen molar-refractivity contribution in [1.82, 2.24) is 4.90 Å². The second kappa shape index (κ2) is 7.51. The molecule has 0 aliphatic rings. The highest BCUT2D eigenvalue weighted by Crippen LogP contribution is 2.21. The van der Waals surface area contributed by atoms with Crippen molar-refractivity contribution in [2.24, 2.45) is 5.92 Å². The number of aliphatic hydroxyl groups is 1. The van der Waals surface area contributed by atoms with Gasteiger partial charge in [0.1, 0.15) is 5.75 Å². The zero-order chi connectivity index (χ0) is 14.4. The highest BCUT2D eigenvalue weighted by molar-refractivity contribution is 5.37. The van der Waals surface area contributed by atoms with E-state index in [0.717, 1.165) is 18.7 Å². The lowest BCUT2D eigenvalue weighted by Crippen LogP contribution is -2.40. The van der Waals surface area contributed by atoms with Crippen LogP contribution in [0.1, 0.15) is 25.0 Å². The molecule has 0 fully saturated rings. The molecule has 1 unspecified atom stereocenters. The van der Waals surface area contributed by atoms with Crippen molar-refractivity contribution < 1.29 is 9.84 Å². The summed E-state index contributed by atoms with van der Waals surface area (Å²) in [4.78, 5) is 2.23. The van der Waals surface area contributed by atoms with Crippen molar-refractivity contribution in [2.45, 2.75) is 33.2 Å². The minimum Gasteiger partial charge on any atom is -0.496 e. The van der Waals surface area contributed by atoms with Crippen LogP contribution >= 0.6 is 0 Å². The number of methoxy groups -OCH3 is 1. The molecule has 0 aliphatic heterocycles. The number of aryl methyl sites for hydroxylation is 1. The Kier molecular flexibility index (Phi) is 6.32. The van der Waals surface area contributed by atoms with Gasteiger partial charge in [0, 0.05) is 12.6 Å². The molecule has 19 heavy (non-hydrogen) atoms. The molecule has 0 spiro atoms. The summed E-state index contributed by atoms with van der Waals surface area (Å²) in [5, 5.41) is 9.44. The van der Waals surface area contributed by atoms with Crippen molar-refractivity contribution >= 4 is 0 Å². The van der Waals surface area contributed by atoms with Crippen LogP contribution in [-0.2, 0) is 6.42 Å². The third-order valence-electron chi connectivity index (χ3n) is 3.69. The van der Waals surface area contributed by atoms with E-state index in [0.29, 0.717) is 5.92 Å². The number of nitrogens with zero attached hydrogens (tertiary/aromatic N) is 1. The van der Waals surface area contributed by atoms with Gasteiger partial charge in [-0.15, -0.1) is 0 Å². The molecule has 1 aromatic rings. The fourth-order valence-corrected chi connectivity index (χ4v) is 2.42. The van der Waals surface area contributed by atoms with Crippen molar-refractivity contribution in [3.63, 3.8) is 0 Å². The molecule has 0 amide bonds. The highest BCUT2D eigenvalue weighted by Gasteiger charge is 2.17. The maximum absolute atomic E-state index is 9.44. The van der Waals surface area contributed by atoms with E-state index in [1.165, 1.54) is 11.1 Å². The molecular formula is C16H27NO2. The van der Waals surface area contributed by atoms with E-state index >= 15 is 0 Å². The summed E-state index contributed by atoms with van der Waals surface area (Å²) in [5.74, 6) is 1.40. The van der Waals surface area contributed by atoms with Crippen LogP contribution in [-0.4, -0.2) is 43.4 Å². The molecule has 3 nitrogen and oxygen atoms in total. The van der Waals surface area contributed by atoms with E-state index in [4.69, 9.17) is 4.74 Å². The molecule has 0 aromatic heterocycles. The molecule has 0 saturated heterocycles. The lowest BCUT2D eigenvalue weighted by atomic mass is 10.0. The van der Waals surface area contributed by atoms with E-state index in [1.807, 2.05) is 6.07 Å². The number of likely N-dealkylation sites (N-methyl/N-ethyl adjacent to an activating group) is 1. The van der Waals surface area contributed by atoms with E-state index < -0.39 is 0 Å². The number of aliphatic hydroxyl groups excluding tert-OH is 1. The van der Waals surface area contributed by atoms with Crippen LogP contribution in [0.5, 0.6) is 5.75 Å². The normalized spacial score (nSPS) is 13.1.